The van der Waals surface area contributed by atoms with Crippen molar-refractivity contribution in [1.82, 2.24) is 5.32 Å². The van der Waals surface area contributed by atoms with Gasteiger partial charge in [0.2, 0.25) is 0 Å². The molecule has 5 atom stereocenters. The molecule has 0 aromatic carbocycles. The summed E-state index contributed by atoms with van der Waals surface area (Å²) in [4.78, 5) is 0. The zero-order valence-electron chi connectivity index (χ0n) is 11.5. The van der Waals surface area contributed by atoms with Crippen LogP contribution in [0.2, 0.25) is 0 Å². The van der Waals surface area contributed by atoms with Gasteiger partial charge in [-0.25, -0.2) is 0 Å². The summed E-state index contributed by atoms with van der Waals surface area (Å²) in [6, 6.07) is 1.41. The number of nitrogens with one attached hydrogen (secondary N) is 1. The smallest absolute Gasteiger partial charge is 0.0459 e. The molecule has 0 aromatic heterocycles. The van der Waals surface area contributed by atoms with Crippen molar-refractivity contribution in [3.63, 3.8) is 0 Å². The van der Waals surface area contributed by atoms with Crippen LogP contribution in [-0.2, 0) is 0 Å². The van der Waals surface area contributed by atoms with Gasteiger partial charge < -0.3 is 10.4 Å². The standard InChI is InChI=1S/C15H29NO/c1-11-6-7-15(8-12(11)2)16-14-5-3-4-13(9-14)10-17/h11-17H,3-10H2,1-2H3. The minimum Gasteiger partial charge on any atom is -0.396 e. The van der Waals surface area contributed by atoms with Gasteiger partial charge in [0.25, 0.3) is 0 Å². The highest BCUT2D eigenvalue weighted by Crippen LogP contribution is 2.31. The predicted octanol–water partition coefficient (Wildman–Crippen LogP) is 2.95. The van der Waals surface area contributed by atoms with Crippen molar-refractivity contribution >= 4 is 0 Å². The van der Waals surface area contributed by atoms with Crippen LogP contribution in [0, 0.1) is 17.8 Å². The molecule has 2 heteroatoms. The predicted molar refractivity (Wildman–Crippen MR) is 71.9 cm³/mol. The van der Waals surface area contributed by atoms with Crippen LogP contribution >= 0.6 is 0 Å². The van der Waals surface area contributed by atoms with Gasteiger partial charge in [-0.1, -0.05) is 20.3 Å². The molecule has 2 fully saturated rings. The molecule has 0 heterocycles. The van der Waals surface area contributed by atoms with E-state index in [9.17, 15) is 5.11 Å². The molecule has 100 valence electrons. The molecular formula is C15H29NO. The van der Waals surface area contributed by atoms with Crippen molar-refractivity contribution in [2.45, 2.75) is 70.9 Å². The number of aliphatic hydroxyl groups is 1. The summed E-state index contributed by atoms with van der Waals surface area (Å²) in [5.41, 5.74) is 0. The first-order chi connectivity index (χ1) is 8.19. The van der Waals surface area contributed by atoms with E-state index >= 15 is 0 Å². The fourth-order valence-electron chi connectivity index (χ4n) is 3.64. The molecule has 17 heavy (non-hydrogen) atoms. The maximum atomic E-state index is 9.26. The molecule has 2 saturated carbocycles. The third-order valence-electron chi connectivity index (χ3n) is 5.11. The summed E-state index contributed by atoms with van der Waals surface area (Å²) in [7, 11) is 0. The van der Waals surface area contributed by atoms with Crippen LogP contribution in [0.15, 0.2) is 0 Å². The summed E-state index contributed by atoms with van der Waals surface area (Å²) < 4.78 is 0. The third kappa shape index (κ3) is 3.69. The van der Waals surface area contributed by atoms with Crippen molar-refractivity contribution in [3.8, 4) is 0 Å². The first-order valence-electron chi connectivity index (χ1n) is 7.56. The van der Waals surface area contributed by atoms with E-state index in [4.69, 9.17) is 0 Å². The summed E-state index contributed by atoms with van der Waals surface area (Å²) in [6.45, 7) is 5.18. The Labute approximate surface area is 106 Å². The second-order valence-corrected chi connectivity index (χ2v) is 6.54. The van der Waals surface area contributed by atoms with E-state index in [0.29, 0.717) is 18.6 Å². The summed E-state index contributed by atoms with van der Waals surface area (Å²) in [5.74, 6) is 2.34. The molecule has 2 aliphatic rings. The van der Waals surface area contributed by atoms with E-state index in [0.717, 1.165) is 17.9 Å². The third-order valence-corrected chi connectivity index (χ3v) is 5.11. The van der Waals surface area contributed by atoms with E-state index in [-0.39, 0.29) is 0 Å². The highest BCUT2D eigenvalue weighted by Gasteiger charge is 2.28. The van der Waals surface area contributed by atoms with Gasteiger partial charge in [-0.15, -0.1) is 0 Å². The van der Waals surface area contributed by atoms with E-state index in [1.165, 1.54) is 44.9 Å². The average molecular weight is 239 g/mol. The van der Waals surface area contributed by atoms with Gasteiger partial charge in [0.15, 0.2) is 0 Å². The SMILES string of the molecule is CC1CCC(NC2CCCC(CO)C2)CC1C. The van der Waals surface area contributed by atoms with Gasteiger partial charge in [-0.2, -0.15) is 0 Å². The Morgan fingerprint density at radius 1 is 0.941 bits per heavy atom. The topological polar surface area (TPSA) is 32.3 Å². The molecule has 0 bridgehead atoms. The van der Waals surface area contributed by atoms with Crippen molar-refractivity contribution in [3.05, 3.63) is 0 Å². The quantitative estimate of drug-likeness (QED) is 0.793. The lowest BCUT2D eigenvalue weighted by atomic mass is 9.78. The van der Waals surface area contributed by atoms with Gasteiger partial charge in [-0.05, 0) is 56.3 Å². The minimum absolute atomic E-state index is 0.385. The monoisotopic (exact) mass is 239 g/mol. The van der Waals surface area contributed by atoms with Crippen LogP contribution in [0.4, 0.5) is 0 Å². The van der Waals surface area contributed by atoms with Crippen LogP contribution in [-0.4, -0.2) is 23.8 Å². The molecule has 0 radical (unpaired) electrons. The molecule has 2 aliphatic carbocycles. The molecule has 0 amide bonds. The van der Waals surface area contributed by atoms with Crippen LogP contribution < -0.4 is 5.32 Å². The molecule has 5 unspecified atom stereocenters. The molecule has 0 aromatic rings. The van der Waals surface area contributed by atoms with Gasteiger partial charge in [0.1, 0.15) is 0 Å². The van der Waals surface area contributed by atoms with Gasteiger partial charge >= 0.3 is 0 Å². The number of hydrogen-bond acceptors (Lipinski definition) is 2. The van der Waals surface area contributed by atoms with Crippen LogP contribution in [0.5, 0.6) is 0 Å². The first kappa shape index (κ1) is 13.4. The minimum atomic E-state index is 0.385. The molecule has 0 spiro atoms. The molecule has 0 aliphatic heterocycles. The zero-order valence-corrected chi connectivity index (χ0v) is 11.5. The Balaban J connectivity index is 1.76. The van der Waals surface area contributed by atoms with Crippen molar-refractivity contribution in [2.24, 2.45) is 17.8 Å². The second kappa shape index (κ2) is 6.19. The van der Waals surface area contributed by atoms with Crippen LogP contribution in [0.3, 0.4) is 0 Å². The Kier molecular flexibility index (Phi) is 4.87. The fourth-order valence-corrected chi connectivity index (χ4v) is 3.64. The largest absolute Gasteiger partial charge is 0.396 e. The Morgan fingerprint density at radius 3 is 2.41 bits per heavy atom. The Morgan fingerprint density at radius 2 is 1.71 bits per heavy atom. The van der Waals surface area contributed by atoms with Gasteiger partial charge in [0.05, 0.1) is 0 Å². The van der Waals surface area contributed by atoms with Gasteiger partial charge in [0, 0.05) is 18.7 Å². The molecule has 0 saturated heterocycles. The van der Waals surface area contributed by atoms with Crippen molar-refractivity contribution < 1.29 is 5.11 Å². The molecular weight excluding hydrogens is 210 g/mol. The van der Waals surface area contributed by atoms with Crippen molar-refractivity contribution in [2.75, 3.05) is 6.61 Å². The fraction of sp³-hybridized carbons (Fsp3) is 1.00. The highest BCUT2D eigenvalue weighted by atomic mass is 16.3. The lowest BCUT2D eigenvalue weighted by Gasteiger charge is -2.37. The zero-order chi connectivity index (χ0) is 12.3. The van der Waals surface area contributed by atoms with Crippen LogP contribution in [0.25, 0.3) is 0 Å². The first-order valence-corrected chi connectivity index (χ1v) is 7.56. The molecule has 2 nitrogen and oxygen atoms in total. The summed E-state index contributed by atoms with van der Waals surface area (Å²) >= 11 is 0. The summed E-state index contributed by atoms with van der Waals surface area (Å²) in [6.07, 6.45) is 9.12. The lowest BCUT2D eigenvalue weighted by Crippen LogP contribution is -2.44. The van der Waals surface area contributed by atoms with E-state index < -0.39 is 0 Å². The second-order valence-electron chi connectivity index (χ2n) is 6.54. The van der Waals surface area contributed by atoms with E-state index in [1.54, 1.807) is 0 Å². The Hall–Kier alpha value is -0.0800. The Bertz CT molecular complexity index is 227. The van der Waals surface area contributed by atoms with Crippen LogP contribution in [0.1, 0.15) is 58.8 Å². The number of aliphatic hydroxyl groups excluding tert-OH is 1. The average Bonchev–Trinajstić information content (AvgIpc) is 2.34. The van der Waals surface area contributed by atoms with E-state index in [1.807, 2.05) is 0 Å². The van der Waals surface area contributed by atoms with Crippen molar-refractivity contribution in [1.29, 1.82) is 0 Å². The maximum absolute atomic E-state index is 9.26. The normalized spacial score (nSPS) is 43.6. The lowest BCUT2D eigenvalue weighted by molar-refractivity contribution is 0.151. The summed E-state index contributed by atoms with van der Waals surface area (Å²) in [5, 5.41) is 13.1. The number of rotatable bonds is 3. The van der Waals surface area contributed by atoms with E-state index in [2.05, 4.69) is 19.2 Å². The highest BCUT2D eigenvalue weighted by molar-refractivity contribution is 4.85. The number of hydrogen-bond donors (Lipinski definition) is 2. The van der Waals surface area contributed by atoms with Gasteiger partial charge in [-0.3, -0.25) is 0 Å². The molecule has 2 N–H and O–H groups in total. The molecule has 2 rings (SSSR count). The maximum Gasteiger partial charge on any atom is 0.0459 e.